The molecule has 0 radical (unpaired) electrons. The first-order valence-corrected chi connectivity index (χ1v) is 6.07. The van der Waals surface area contributed by atoms with Crippen LogP contribution >= 0.6 is 11.6 Å². The van der Waals surface area contributed by atoms with Gasteiger partial charge in [0, 0.05) is 5.02 Å². The minimum atomic E-state index is -4.53. The van der Waals surface area contributed by atoms with Crippen LogP contribution in [0.25, 0.3) is 0 Å². The Morgan fingerprint density at radius 2 is 1.80 bits per heavy atom. The standard InChI is InChI=1S/C13H14ClF3O3/c1-12(2,3)20-11(18)7-19-10-5-8(13(15,16)17)4-9(14)6-10/h4-6H,7H2,1-3H3. The number of carbonyl (C=O) groups excluding carboxylic acids is 1. The van der Waals surface area contributed by atoms with Crippen LogP contribution < -0.4 is 4.74 Å². The van der Waals surface area contributed by atoms with Crippen molar-refractivity contribution in [1.82, 2.24) is 0 Å². The molecule has 0 heterocycles. The van der Waals surface area contributed by atoms with Gasteiger partial charge < -0.3 is 9.47 Å². The van der Waals surface area contributed by atoms with Crippen molar-refractivity contribution in [2.24, 2.45) is 0 Å². The number of ether oxygens (including phenoxy) is 2. The molecule has 1 aromatic carbocycles. The SMILES string of the molecule is CC(C)(C)OC(=O)COc1cc(Cl)cc(C(F)(F)F)c1. The van der Waals surface area contributed by atoms with Gasteiger partial charge in [0.2, 0.25) is 0 Å². The smallest absolute Gasteiger partial charge is 0.416 e. The number of halogens is 4. The van der Waals surface area contributed by atoms with Crippen LogP contribution in [0.15, 0.2) is 18.2 Å². The molecular weight excluding hydrogens is 297 g/mol. The normalized spacial score (nSPS) is 12.2. The van der Waals surface area contributed by atoms with E-state index < -0.39 is 29.9 Å². The Hall–Kier alpha value is -1.43. The second-order valence-corrected chi connectivity index (χ2v) is 5.48. The molecule has 0 spiro atoms. The van der Waals surface area contributed by atoms with E-state index in [1.807, 2.05) is 0 Å². The molecule has 20 heavy (non-hydrogen) atoms. The first kappa shape index (κ1) is 16.6. The van der Waals surface area contributed by atoms with Crippen LogP contribution in [0, 0.1) is 0 Å². The highest BCUT2D eigenvalue weighted by Gasteiger charge is 2.31. The van der Waals surface area contributed by atoms with Crippen LogP contribution in [0.2, 0.25) is 5.02 Å². The lowest BCUT2D eigenvalue weighted by atomic mass is 10.2. The molecule has 7 heteroatoms. The molecule has 0 saturated carbocycles. The molecule has 1 rings (SSSR count). The molecule has 0 bridgehead atoms. The molecular formula is C13H14ClF3O3. The highest BCUT2D eigenvalue weighted by atomic mass is 35.5. The molecule has 0 atom stereocenters. The van der Waals surface area contributed by atoms with E-state index in [1.54, 1.807) is 20.8 Å². The van der Waals surface area contributed by atoms with Gasteiger partial charge in [-0.15, -0.1) is 0 Å². The number of esters is 1. The zero-order chi connectivity index (χ0) is 15.6. The number of alkyl halides is 3. The predicted molar refractivity (Wildman–Crippen MR) is 67.8 cm³/mol. The summed E-state index contributed by atoms with van der Waals surface area (Å²) in [6, 6.07) is 2.75. The maximum absolute atomic E-state index is 12.6. The summed E-state index contributed by atoms with van der Waals surface area (Å²) in [5.41, 5.74) is -1.63. The first-order chi connectivity index (χ1) is 8.97. The lowest BCUT2D eigenvalue weighted by molar-refractivity contribution is -0.157. The summed E-state index contributed by atoms with van der Waals surface area (Å²) in [6.45, 7) is 4.53. The Kier molecular flexibility index (Phi) is 4.91. The monoisotopic (exact) mass is 310 g/mol. The summed E-state index contributed by atoms with van der Waals surface area (Å²) < 4.78 is 47.6. The quantitative estimate of drug-likeness (QED) is 0.789. The summed E-state index contributed by atoms with van der Waals surface area (Å²) >= 11 is 5.58. The molecule has 0 N–H and O–H groups in total. The minimum absolute atomic E-state index is 0.126. The van der Waals surface area contributed by atoms with Gasteiger partial charge in [-0.1, -0.05) is 11.6 Å². The fourth-order valence-electron chi connectivity index (χ4n) is 1.32. The van der Waals surface area contributed by atoms with Gasteiger partial charge in [0.25, 0.3) is 0 Å². The average Bonchev–Trinajstić information content (AvgIpc) is 2.22. The van der Waals surface area contributed by atoms with Gasteiger partial charge in [0.1, 0.15) is 11.4 Å². The zero-order valence-electron chi connectivity index (χ0n) is 11.2. The minimum Gasteiger partial charge on any atom is -0.482 e. The van der Waals surface area contributed by atoms with Crippen LogP contribution in [-0.4, -0.2) is 18.2 Å². The number of hydrogen-bond donors (Lipinski definition) is 0. The fourth-order valence-corrected chi connectivity index (χ4v) is 1.55. The van der Waals surface area contributed by atoms with Crippen LogP contribution in [-0.2, 0) is 15.7 Å². The molecule has 0 aliphatic heterocycles. The van der Waals surface area contributed by atoms with Gasteiger partial charge in [-0.3, -0.25) is 0 Å². The van der Waals surface area contributed by atoms with Crippen molar-refractivity contribution in [2.75, 3.05) is 6.61 Å². The Balaban J connectivity index is 2.74. The Bertz CT molecular complexity index is 493. The van der Waals surface area contributed by atoms with E-state index in [1.165, 1.54) is 6.07 Å². The molecule has 0 aliphatic rings. The van der Waals surface area contributed by atoms with Crippen LogP contribution in [0.1, 0.15) is 26.3 Å². The van der Waals surface area contributed by atoms with Gasteiger partial charge in [0.15, 0.2) is 6.61 Å². The fraction of sp³-hybridized carbons (Fsp3) is 0.462. The third-order valence-electron chi connectivity index (χ3n) is 1.98. The predicted octanol–water partition coefficient (Wildman–Crippen LogP) is 4.08. The van der Waals surface area contributed by atoms with Crippen molar-refractivity contribution in [3.63, 3.8) is 0 Å². The largest absolute Gasteiger partial charge is 0.482 e. The Morgan fingerprint density at radius 3 is 2.30 bits per heavy atom. The van der Waals surface area contributed by atoms with Gasteiger partial charge >= 0.3 is 12.1 Å². The molecule has 0 fully saturated rings. The topological polar surface area (TPSA) is 35.5 Å². The molecule has 0 aliphatic carbocycles. The van der Waals surface area contributed by atoms with E-state index in [0.717, 1.165) is 12.1 Å². The molecule has 112 valence electrons. The molecule has 0 unspecified atom stereocenters. The molecule has 0 aromatic heterocycles. The average molecular weight is 311 g/mol. The summed E-state index contributed by atoms with van der Waals surface area (Å²) in [7, 11) is 0. The Labute approximate surface area is 119 Å². The van der Waals surface area contributed by atoms with Gasteiger partial charge in [-0.05, 0) is 39.0 Å². The first-order valence-electron chi connectivity index (χ1n) is 5.70. The molecule has 0 amide bonds. The maximum Gasteiger partial charge on any atom is 0.416 e. The van der Waals surface area contributed by atoms with E-state index in [4.69, 9.17) is 21.1 Å². The van der Waals surface area contributed by atoms with Crippen molar-refractivity contribution in [3.8, 4) is 5.75 Å². The van der Waals surface area contributed by atoms with E-state index in [2.05, 4.69) is 0 Å². The second kappa shape index (κ2) is 5.91. The maximum atomic E-state index is 12.6. The summed E-state index contributed by atoms with van der Waals surface area (Å²) in [5, 5.41) is -0.126. The van der Waals surface area contributed by atoms with Crippen LogP contribution in [0.5, 0.6) is 5.75 Å². The third-order valence-corrected chi connectivity index (χ3v) is 2.19. The van der Waals surface area contributed by atoms with Crippen LogP contribution in [0.3, 0.4) is 0 Å². The van der Waals surface area contributed by atoms with Crippen molar-refractivity contribution in [2.45, 2.75) is 32.5 Å². The number of rotatable bonds is 3. The van der Waals surface area contributed by atoms with Crippen molar-refractivity contribution in [1.29, 1.82) is 0 Å². The number of carbonyl (C=O) groups is 1. The Morgan fingerprint density at radius 1 is 1.20 bits per heavy atom. The molecule has 0 saturated heterocycles. The zero-order valence-corrected chi connectivity index (χ0v) is 11.9. The highest BCUT2D eigenvalue weighted by molar-refractivity contribution is 6.30. The van der Waals surface area contributed by atoms with Crippen molar-refractivity contribution in [3.05, 3.63) is 28.8 Å². The second-order valence-electron chi connectivity index (χ2n) is 5.05. The van der Waals surface area contributed by atoms with Gasteiger partial charge in [-0.25, -0.2) is 4.79 Å². The van der Waals surface area contributed by atoms with Gasteiger partial charge in [0.05, 0.1) is 5.56 Å². The highest BCUT2D eigenvalue weighted by Crippen LogP contribution is 2.34. The summed E-state index contributed by atoms with van der Waals surface area (Å²) in [4.78, 5) is 11.4. The van der Waals surface area contributed by atoms with Crippen molar-refractivity contribution >= 4 is 17.6 Å². The molecule has 3 nitrogen and oxygen atoms in total. The van der Waals surface area contributed by atoms with E-state index in [-0.39, 0.29) is 10.8 Å². The lowest BCUT2D eigenvalue weighted by Gasteiger charge is -2.19. The van der Waals surface area contributed by atoms with Crippen molar-refractivity contribution < 1.29 is 27.4 Å². The van der Waals surface area contributed by atoms with E-state index in [0.29, 0.717) is 0 Å². The van der Waals surface area contributed by atoms with Crippen LogP contribution in [0.4, 0.5) is 13.2 Å². The number of benzene rings is 1. The lowest BCUT2D eigenvalue weighted by Crippen LogP contribution is -2.27. The van der Waals surface area contributed by atoms with E-state index in [9.17, 15) is 18.0 Å². The van der Waals surface area contributed by atoms with E-state index >= 15 is 0 Å². The third kappa shape index (κ3) is 5.69. The van der Waals surface area contributed by atoms with Gasteiger partial charge in [-0.2, -0.15) is 13.2 Å². The summed E-state index contributed by atoms with van der Waals surface area (Å²) in [6.07, 6.45) is -4.53. The number of hydrogen-bond acceptors (Lipinski definition) is 3. The summed E-state index contributed by atoms with van der Waals surface area (Å²) in [5.74, 6) is -0.818. The molecule has 1 aromatic rings.